The summed E-state index contributed by atoms with van der Waals surface area (Å²) >= 11 is 0. The van der Waals surface area contributed by atoms with Gasteiger partial charge in [0.15, 0.2) is 0 Å². The summed E-state index contributed by atoms with van der Waals surface area (Å²) in [6.07, 6.45) is 7.66. The van der Waals surface area contributed by atoms with Crippen molar-refractivity contribution in [3.05, 3.63) is 40.5 Å². The number of nitrogens with zero attached hydrogens (tertiary/aromatic N) is 2. The van der Waals surface area contributed by atoms with Crippen LogP contribution in [0, 0.1) is 0 Å². The van der Waals surface area contributed by atoms with Crippen LogP contribution in [0.2, 0.25) is 0 Å². The molecule has 0 aliphatic heterocycles. The van der Waals surface area contributed by atoms with Crippen LogP contribution in [-0.4, -0.2) is 9.55 Å². The summed E-state index contributed by atoms with van der Waals surface area (Å²) in [7, 11) is 0. The molecule has 0 spiro atoms. The van der Waals surface area contributed by atoms with E-state index in [1.807, 2.05) is 13.0 Å². The van der Waals surface area contributed by atoms with Crippen LogP contribution in [0.5, 0.6) is 0 Å². The molecule has 0 atom stereocenters. The lowest BCUT2D eigenvalue weighted by Gasteiger charge is -2.13. The standard InChI is InChI=1S/C11H13N3O/c1-8-3-2-4-9(7-8)14-6-5-10(12)13-11(14)15/h3,5-7H,2,4H2,1H3,(H2,12,13,15). The van der Waals surface area contributed by atoms with Gasteiger partial charge in [0.05, 0.1) is 0 Å². The van der Waals surface area contributed by atoms with Gasteiger partial charge in [-0.3, -0.25) is 4.57 Å². The topological polar surface area (TPSA) is 60.9 Å². The Hall–Kier alpha value is -1.84. The fourth-order valence-electron chi connectivity index (χ4n) is 1.67. The molecule has 1 heterocycles. The zero-order chi connectivity index (χ0) is 10.8. The molecule has 2 N–H and O–H groups in total. The average molecular weight is 203 g/mol. The Labute approximate surface area is 87.8 Å². The lowest BCUT2D eigenvalue weighted by molar-refractivity contribution is 0.865. The molecule has 0 bridgehead atoms. The lowest BCUT2D eigenvalue weighted by Crippen LogP contribution is -2.23. The van der Waals surface area contributed by atoms with Crippen LogP contribution in [0.3, 0.4) is 0 Å². The molecule has 1 aromatic rings. The Balaban J connectivity index is 2.47. The summed E-state index contributed by atoms with van der Waals surface area (Å²) < 4.78 is 1.55. The molecule has 4 heteroatoms. The number of aromatic nitrogens is 2. The third kappa shape index (κ3) is 1.98. The van der Waals surface area contributed by atoms with E-state index in [-0.39, 0.29) is 11.5 Å². The molecule has 1 aliphatic rings. The van der Waals surface area contributed by atoms with Crippen molar-refractivity contribution in [3.8, 4) is 0 Å². The molecular formula is C11H13N3O. The van der Waals surface area contributed by atoms with E-state index in [0.29, 0.717) is 0 Å². The maximum Gasteiger partial charge on any atom is 0.353 e. The molecule has 0 radical (unpaired) electrons. The van der Waals surface area contributed by atoms with Crippen molar-refractivity contribution >= 4 is 11.5 Å². The van der Waals surface area contributed by atoms with Crippen LogP contribution in [0.25, 0.3) is 5.70 Å². The van der Waals surface area contributed by atoms with Crippen molar-refractivity contribution in [1.29, 1.82) is 0 Å². The first-order chi connectivity index (χ1) is 7.16. The zero-order valence-electron chi connectivity index (χ0n) is 8.60. The summed E-state index contributed by atoms with van der Waals surface area (Å²) in [5.74, 6) is 0.264. The van der Waals surface area contributed by atoms with E-state index in [2.05, 4.69) is 11.1 Å². The molecule has 1 aliphatic carbocycles. The van der Waals surface area contributed by atoms with Gasteiger partial charge in [-0.15, -0.1) is 0 Å². The van der Waals surface area contributed by atoms with Gasteiger partial charge in [0.1, 0.15) is 5.82 Å². The van der Waals surface area contributed by atoms with Crippen molar-refractivity contribution in [1.82, 2.24) is 9.55 Å². The number of rotatable bonds is 1. The number of nitrogens with two attached hydrogens (primary N) is 1. The summed E-state index contributed by atoms with van der Waals surface area (Å²) in [5.41, 5.74) is 7.28. The van der Waals surface area contributed by atoms with E-state index in [1.165, 1.54) is 5.57 Å². The molecule has 0 saturated carbocycles. The Kier molecular flexibility index (Phi) is 2.41. The van der Waals surface area contributed by atoms with Gasteiger partial charge in [0.25, 0.3) is 0 Å². The fourth-order valence-corrected chi connectivity index (χ4v) is 1.67. The van der Waals surface area contributed by atoms with Crippen LogP contribution in [0.1, 0.15) is 19.8 Å². The number of nitrogen functional groups attached to an aromatic ring is 1. The normalized spacial score (nSPS) is 15.8. The van der Waals surface area contributed by atoms with Crippen LogP contribution in [0.4, 0.5) is 5.82 Å². The minimum absolute atomic E-state index is 0.264. The second kappa shape index (κ2) is 3.73. The van der Waals surface area contributed by atoms with Gasteiger partial charge in [-0.2, -0.15) is 4.98 Å². The van der Waals surface area contributed by atoms with Crippen molar-refractivity contribution in [3.63, 3.8) is 0 Å². The highest BCUT2D eigenvalue weighted by Gasteiger charge is 2.07. The van der Waals surface area contributed by atoms with E-state index in [1.54, 1.807) is 16.8 Å². The van der Waals surface area contributed by atoms with Crippen molar-refractivity contribution in [2.45, 2.75) is 19.8 Å². The first-order valence-electron chi connectivity index (χ1n) is 4.90. The van der Waals surface area contributed by atoms with E-state index in [4.69, 9.17) is 5.73 Å². The van der Waals surface area contributed by atoms with E-state index in [0.717, 1.165) is 18.5 Å². The maximum absolute atomic E-state index is 11.6. The molecule has 15 heavy (non-hydrogen) atoms. The Morgan fingerprint density at radius 3 is 3.00 bits per heavy atom. The Morgan fingerprint density at radius 2 is 2.33 bits per heavy atom. The third-order valence-corrected chi connectivity index (χ3v) is 2.40. The summed E-state index contributed by atoms with van der Waals surface area (Å²) in [5, 5.41) is 0. The largest absolute Gasteiger partial charge is 0.383 e. The van der Waals surface area contributed by atoms with Gasteiger partial charge < -0.3 is 5.73 Å². The quantitative estimate of drug-likeness (QED) is 0.750. The number of allylic oxidation sites excluding steroid dienone is 4. The molecule has 2 rings (SSSR count). The molecule has 0 amide bonds. The van der Waals surface area contributed by atoms with Gasteiger partial charge in [-0.05, 0) is 31.9 Å². The van der Waals surface area contributed by atoms with E-state index < -0.39 is 0 Å². The third-order valence-electron chi connectivity index (χ3n) is 2.40. The van der Waals surface area contributed by atoms with Crippen molar-refractivity contribution in [2.75, 3.05) is 5.73 Å². The van der Waals surface area contributed by atoms with Gasteiger partial charge in [-0.25, -0.2) is 4.79 Å². The van der Waals surface area contributed by atoms with Crippen LogP contribution < -0.4 is 11.4 Å². The number of hydrogen-bond acceptors (Lipinski definition) is 3. The Bertz CT molecular complexity index is 497. The Morgan fingerprint density at radius 1 is 1.53 bits per heavy atom. The minimum Gasteiger partial charge on any atom is -0.383 e. The summed E-state index contributed by atoms with van der Waals surface area (Å²) in [6, 6.07) is 1.63. The highest BCUT2D eigenvalue weighted by Crippen LogP contribution is 2.19. The van der Waals surface area contributed by atoms with E-state index in [9.17, 15) is 4.79 Å². The fraction of sp³-hybridized carbons (Fsp3) is 0.273. The molecule has 0 fully saturated rings. The molecular weight excluding hydrogens is 190 g/mol. The highest BCUT2D eigenvalue weighted by molar-refractivity contribution is 5.53. The van der Waals surface area contributed by atoms with Gasteiger partial charge in [0.2, 0.25) is 0 Å². The average Bonchev–Trinajstić information content (AvgIpc) is 2.17. The molecule has 1 aromatic heterocycles. The molecule has 78 valence electrons. The minimum atomic E-state index is -0.309. The van der Waals surface area contributed by atoms with E-state index >= 15 is 0 Å². The second-order valence-electron chi connectivity index (χ2n) is 3.63. The number of hydrogen-bond donors (Lipinski definition) is 1. The first-order valence-corrected chi connectivity index (χ1v) is 4.90. The van der Waals surface area contributed by atoms with Gasteiger partial charge in [0, 0.05) is 11.9 Å². The van der Waals surface area contributed by atoms with Crippen molar-refractivity contribution < 1.29 is 0 Å². The SMILES string of the molecule is CC1=CCCC(n2ccc(N)nc2=O)=C1. The predicted molar refractivity (Wildman–Crippen MR) is 60.2 cm³/mol. The monoisotopic (exact) mass is 203 g/mol. The molecule has 0 saturated heterocycles. The van der Waals surface area contributed by atoms with Crippen LogP contribution >= 0.6 is 0 Å². The predicted octanol–water partition coefficient (Wildman–Crippen LogP) is 1.41. The highest BCUT2D eigenvalue weighted by atomic mass is 16.1. The van der Waals surface area contributed by atoms with Crippen LogP contribution in [0.15, 0.2) is 34.8 Å². The second-order valence-corrected chi connectivity index (χ2v) is 3.63. The van der Waals surface area contributed by atoms with Crippen molar-refractivity contribution in [2.24, 2.45) is 0 Å². The summed E-state index contributed by atoms with van der Waals surface area (Å²) in [4.78, 5) is 15.3. The molecule has 4 nitrogen and oxygen atoms in total. The molecule has 0 unspecified atom stereocenters. The van der Waals surface area contributed by atoms with Crippen LogP contribution in [-0.2, 0) is 0 Å². The zero-order valence-corrected chi connectivity index (χ0v) is 8.60. The first kappa shape index (κ1) is 9.71. The molecule has 0 aromatic carbocycles. The van der Waals surface area contributed by atoms with Gasteiger partial charge >= 0.3 is 5.69 Å². The van der Waals surface area contributed by atoms with Gasteiger partial charge in [-0.1, -0.05) is 11.6 Å². The smallest absolute Gasteiger partial charge is 0.353 e. The summed E-state index contributed by atoms with van der Waals surface area (Å²) in [6.45, 7) is 2.02. The number of anilines is 1. The lowest BCUT2D eigenvalue weighted by atomic mass is 10.1. The maximum atomic E-state index is 11.6.